The highest BCUT2D eigenvalue weighted by atomic mass is 35.5. The van der Waals surface area contributed by atoms with E-state index in [4.69, 9.17) is 21.1 Å². The number of nitrogens with one attached hydrogen (secondary N) is 1. The molecule has 0 radical (unpaired) electrons. The molecule has 1 N–H and O–H groups in total. The summed E-state index contributed by atoms with van der Waals surface area (Å²) in [6, 6.07) is 22.0. The second-order valence-electron chi connectivity index (χ2n) is 6.12. The van der Waals surface area contributed by atoms with Crippen molar-refractivity contribution in [3.8, 4) is 11.5 Å². The Labute approximate surface area is 174 Å². The predicted octanol–water partition coefficient (Wildman–Crippen LogP) is 5.08. The van der Waals surface area contributed by atoms with Crippen LogP contribution in [0.4, 0.5) is 0 Å². The summed E-state index contributed by atoms with van der Waals surface area (Å²) in [5.41, 5.74) is 4.82. The van der Waals surface area contributed by atoms with Gasteiger partial charge in [0.2, 0.25) is 0 Å². The number of hydrogen-bond donors (Lipinski definition) is 1. The summed E-state index contributed by atoms with van der Waals surface area (Å²) in [5, 5.41) is 4.58. The lowest BCUT2D eigenvalue weighted by Crippen LogP contribution is -2.17. The SMILES string of the molecule is CCOc1cc(C=NNC(=O)c2ccc(Cl)cc2)ccc1OCc1ccccc1. The van der Waals surface area contributed by atoms with Gasteiger partial charge < -0.3 is 9.47 Å². The number of nitrogens with zero attached hydrogens (tertiary/aromatic N) is 1. The standard InChI is InChI=1S/C23H21ClN2O3/c1-2-28-22-14-18(8-13-21(22)29-16-17-6-4-3-5-7-17)15-25-26-23(27)19-9-11-20(24)12-10-19/h3-15H,2,16H2,1H3,(H,26,27). The Bertz CT molecular complexity index is 973. The van der Waals surface area contributed by atoms with Gasteiger partial charge in [0.05, 0.1) is 12.8 Å². The summed E-state index contributed by atoms with van der Waals surface area (Å²) in [4.78, 5) is 12.1. The van der Waals surface area contributed by atoms with Gasteiger partial charge in [-0.05, 0) is 60.5 Å². The molecule has 0 aliphatic carbocycles. The fourth-order valence-electron chi connectivity index (χ4n) is 2.56. The monoisotopic (exact) mass is 408 g/mol. The Morgan fingerprint density at radius 3 is 2.48 bits per heavy atom. The zero-order valence-corrected chi connectivity index (χ0v) is 16.7. The van der Waals surface area contributed by atoms with Crippen molar-refractivity contribution in [3.63, 3.8) is 0 Å². The van der Waals surface area contributed by atoms with Crippen LogP contribution in [0, 0.1) is 0 Å². The van der Waals surface area contributed by atoms with Crippen molar-refractivity contribution in [2.45, 2.75) is 13.5 Å². The van der Waals surface area contributed by atoms with Crippen molar-refractivity contribution < 1.29 is 14.3 Å². The van der Waals surface area contributed by atoms with Crippen LogP contribution in [0.15, 0.2) is 77.9 Å². The summed E-state index contributed by atoms with van der Waals surface area (Å²) < 4.78 is 11.6. The summed E-state index contributed by atoms with van der Waals surface area (Å²) in [6.07, 6.45) is 1.55. The minimum absolute atomic E-state index is 0.314. The fourth-order valence-corrected chi connectivity index (χ4v) is 2.69. The van der Waals surface area contributed by atoms with E-state index in [9.17, 15) is 4.79 Å². The molecule has 0 aliphatic heterocycles. The van der Waals surface area contributed by atoms with Gasteiger partial charge in [0.15, 0.2) is 11.5 Å². The Hall–Kier alpha value is -3.31. The van der Waals surface area contributed by atoms with Crippen LogP contribution in [0.5, 0.6) is 11.5 Å². The van der Waals surface area contributed by atoms with Crippen LogP contribution in [-0.4, -0.2) is 18.7 Å². The van der Waals surface area contributed by atoms with Crippen molar-refractivity contribution in [2.75, 3.05) is 6.61 Å². The van der Waals surface area contributed by atoms with Gasteiger partial charge in [-0.25, -0.2) is 5.43 Å². The second kappa shape index (κ2) is 10.3. The van der Waals surface area contributed by atoms with Gasteiger partial charge in [-0.3, -0.25) is 4.79 Å². The maximum absolute atomic E-state index is 12.1. The molecule has 0 spiro atoms. The Kier molecular flexibility index (Phi) is 7.25. The summed E-state index contributed by atoms with van der Waals surface area (Å²) in [5.74, 6) is 0.959. The van der Waals surface area contributed by atoms with Crippen LogP contribution >= 0.6 is 11.6 Å². The van der Waals surface area contributed by atoms with E-state index in [1.165, 1.54) is 0 Å². The molecule has 148 valence electrons. The molecule has 0 saturated heterocycles. The first kappa shape index (κ1) is 20.4. The summed E-state index contributed by atoms with van der Waals surface area (Å²) in [6.45, 7) is 2.87. The van der Waals surface area contributed by atoms with Crippen molar-refractivity contribution in [1.82, 2.24) is 5.43 Å². The molecule has 0 unspecified atom stereocenters. The molecule has 3 aromatic rings. The first-order chi connectivity index (χ1) is 14.2. The molecule has 6 heteroatoms. The van der Waals surface area contributed by atoms with E-state index in [-0.39, 0.29) is 5.91 Å². The molecule has 0 aromatic heterocycles. The van der Waals surface area contributed by atoms with Gasteiger partial charge in [0, 0.05) is 10.6 Å². The lowest BCUT2D eigenvalue weighted by molar-refractivity contribution is 0.0955. The van der Waals surface area contributed by atoms with Gasteiger partial charge >= 0.3 is 0 Å². The molecule has 0 atom stereocenters. The van der Waals surface area contributed by atoms with E-state index < -0.39 is 0 Å². The van der Waals surface area contributed by atoms with Crippen molar-refractivity contribution in [1.29, 1.82) is 0 Å². The molecule has 0 aliphatic rings. The summed E-state index contributed by atoms with van der Waals surface area (Å²) >= 11 is 5.83. The summed E-state index contributed by atoms with van der Waals surface area (Å²) in [7, 11) is 0. The smallest absolute Gasteiger partial charge is 0.271 e. The molecule has 0 bridgehead atoms. The van der Waals surface area contributed by atoms with Crippen LogP contribution < -0.4 is 14.9 Å². The molecular weight excluding hydrogens is 388 g/mol. The number of rotatable bonds is 8. The highest BCUT2D eigenvalue weighted by Crippen LogP contribution is 2.28. The number of ether oxygens (including phenoxy) is 2. The molecule has 0 fully saturated rings. The number of carbonyl (C=O) groups is 1. The van der Waals surface area contributed by atoms with E-state index in [2.05, 4.69) is 10.5 Å². The third kappa shape index (κ3) is 6.09. The van der Waals surface area contributed by atoms with Gasteiger partial charge in [0.1, 0.15) is 6.61 Å². The number of amides is 1. The highest BCUT2D eigenvalue weighted by Gasteiger charge is 2.07. The highest BCUT2D eigenvalue weighted by molar-refractivity contribution is 6.30. The molecular formula is C23H21ClN2O3. The van der Waals surface area contributed by atoms with Crippen LogP contribution in [0.25, 0.3) is 0 Å². The van der Waals surface area contributed by atoms with E-state index in [0.29, 0.717) is 35.3 Å². The first-order valence-corrected chi connectivity index (χ1v) is 9.56. The van der Waals surface area contributed by atoms with E-state index in [1.54, 1.807) is 30.5 Å². The van der Waals surface area contributed by atoms with Crippen molar-refractivity contribution >= 4 is 23.7 Å². The minimum Gasteiger partial charge on any atom is -0.490 e. The number of halogens is 1. The molecule has 0 saturated carbocycles. The average Bonchev–Trinajstić information content (AvgIpc) is 2.74. The number of hydrazone groups is 1. The third-order valence-electron chi connectivity index (χ3n) is 3.99. The van der Waals surface area contributed by atoms with Crippen molar-refractivity contribution in [3.05, 3.63) is 94.5 Å². The largest absolute Gasteiger partial charge is 0.490 e. The lowest BCUT2D eigenvalue weighted by atomic mass is 10.2. The lowest BCUT2D eigenvalue weighted by Gasteiger charge is -2.12. The molecule has 3 aromatic carbocycles. The predicted molar refractivity (Wildman–Crippen MR) is 115 cm³/mol. The minimum atomic E-state index is -0.314. The van der Waals surface area contributed by atoms with E-state index in [1.807, 2.05) is 55.5 Å². The second-order valence-corrected chi connectivity index (χ2v) is 6.56. The van der Waals surface area contributed by atoms with E-state index in [0.717, 1.165) is 11.1 Å². The van der Waals surface area contributed by atoms with Crippen molar-refractivity contribution in [2.24, 2.45) is 5.10 Å². The average molecular weight is 409 g/mol. The Morgan fingerprint density at radius 1 is 1.00 bits per heavy atom. The van der Waals surface area contributed by atoms with Gasteiger partial charge in [-0.1, -0.05) is 41.9 Å². The molecule has 5 nitrogen and oxygen atoms in total. The van der Waals surface area contributed by atoms with Gasteiger partial charge in [0.25, 0.3) is 5.91 Å². The third-order valence-corrected chi connectivity index (χ3v) is 4.24. The van der Waals surface area contributed by atoms with Crippen LogP contribution in [-0.2, 0) is 6.61 Å². The zero-order chi connectivity index (χ0) is 20.5. The van der Waals surface area contributed by atoms with Crippen LogP contribution in [0.2, 0.25) is 5.02 Å². The normalized spacial score (nSPS) is 10.7. The molecule has 3 rings (SSSR count). The van der Waals surface area contributed by atoms with Gasteiger partial charge in [-0.15, -0.1) is 0 Å². The number of benzene rings is 3. The molecule has 1 amide bonds. The number of carbonyl (C=O) groups excluding carboxylic acids is 1. The zero-order valence-electron chi connectivity index (χ0n) is 16.0. The topological polar surface area (TPSA) is 59.9 Å². The quantitative estimate of drug-likeness (QED) is 0.417. The van der Waals surface area contributed by atoms with Gasteiger partial charge in [-0.2, -0.15) is 5.10 Å². The Balaban J connectivity index is 1.64. The maximum atomic E-state index is 12.1. The van der Waals surface area contributed by atoms with Crippen LogP contribution in [0.1, 0.15) is 28.4 Å². The number of hydrogen-bond acceptors (Lipinski definition) is 4. The van der Waals surface area contributed by atoms with E-state index >= 15 is 0 Å². The molecule has 29 heavy (non-hydrogen) atoms. The maximum Gasteiger partial charge on any atom is 0.271 e. The molecule has 0 heterocycles. The first-order valence-electron chi connectivity index (χ1n) is 9.18. The Morgan fingerprint density at radius 2 is 1.76 bits per heavy atom. The fraction of sp³-hybridized carbons (Fsp3) is 0.130. The van der Waals surface area contributed by atoms with Crippen LogP contribution in [0.3, 0.4) is 0 Å².